The lowest BCUT2D eigenvalue weighted by Crippen LogP contribution is -2.25. The zero-order valence-corrected chi connectivity index (χ0v) is 9.69. The van der Waals surface area contributed by atoms with Gasteiger partial charge in [0.15, 0.2) is 0 Å². The molecule has 0 bridgehead atoms. The van der Waals surface area contributed by atoms with E-state index in [1.807, 2.05) is 13.2 Å². The van der Waals surface area contributed by atoms with Crippen LogP contribution in [-0.2, 0) is 23.1 Å². The number of amides is 1. The van der Waals surface area contributed by atoms with Crippen LogP contribution in [0.2, 0.25) is 0 Å². The first kappa shape index (κ1) is 12.4. The van der Waals surface area contributed by atoms with Crippen molar-refractivity contribution in [2.45, 2.75) is 26.2 Å². The minimum Gasteiger partial charge on any atom is -0.356 e. The van der Waals surface area contributed by atoms with E-state index in [9.17, 15) is 9.59 Å². The van der Waals surface area contributed by atoms with Crippen molar-refractivity contribution in [1.29, 1.82) is 0 Å². The van der Waals surface area contributed by atoms with Crippen molar-refractivity contribution >= 4 is 11.7 Å². The third-order valence-electron chi connectivity index (χ3n) is 2.20. The van der Waals surface area contributed by atoms with Gasteiger partial charge in [0.2, 0.25) is 5.91 Å². The van der Waals surface area contributed by atoms with Crippen LogP contribution in [-0.4, -0.2) is 28.0 Å². The van der Waals surface area contributed by atoms with Gasteiger partial charge in [0, 0.05) is 32.6 Å². The van der Waals surface area contributed by atoms with E-state index in [1.165, 1.54) is 6.92 Å². The van der Waals surface area contributed by atoms with Crippen LogP contribution in [0.1, 0.15) is 25.3 Å². The van der Waals surface area contributed by atoms with Gasteiger partial charge in [-0.25, -0.2) is 0 Å². The minimum absolute atomic E-state index is 0.0439. The molecule has 0 aromatic carbocycles. The molecule has 0 fully saturated rings. The molecule has 0 saturated carbocycles. The number of carbonyl (C=O) groups is 2. The van der Waals surface area contributed by atoms with E-state index in [4.69, 9.17) is 0 Å². The largest absolute Gasteiger partial charge is 0.356 e. The van der Waals surface area contributed by atoms with Gasteiger partial charge in [-0.2, -0.15) is 5.10 Å². The average molecular weight is 223 g/mol. The summed E-state index contributed by atoms with van der Waals surface area (Å²) in [6, 6.07) is 0. The highest BCUT2D eigenvalue weighted by Gasteiger charge is 2.03. The summed E-state index contributed by atoms with van der Waals surface area (Å²) in [5.74, 6) is -0.0264. The highest BCUT2D eigenvalue weighted by Crippen LogP contribution is 1.96. The van der Waals surface area contributed by atoms with E-state index in [1.54, 1.807) is 10.9 Å². The van der Waals surface area contributed by atoms with E-state index in [-0.39, 0.29) is 18.1 Å². The van der Waals surface area contributed by atoms with Crippen LogP contribution in [0.4, 0.5) is 0 Å². The second kappa shape index (κ2) is 6.05. The molecule has 0 spiro atoms. The Morgan fingerprint density at radius 2 is 2.19 bits per heavy atom. The molecule has 1 heterocycles. The van der Waals surface area contributed by atoms with Crippen LogP contribution in [0.5, 0.6) is 0 Å². The quantitative estimate of drug-likeness (QED) is 0.761. The van der Waals surface area contributed by atoms with Crippen molar-refractivity contribution in [3.63, 3.8) is 0 Å². The molecule has 88 valence electrons. The standard InChI is InChI=1S/C11H17N3O2/c1-9(15)3-4-11(16)12-6-5-10-7-13-14(2)8-10/h7-8H,3-6H2,1-2H3,(H,12,16). The van der Waals surface area contributed by atoms with Crippen LogP contribution in [0, 0.1) is 0 Å². The summed E-state index contributed by atoms with van der Waals surface area (Å²) in [5.41, 5.74) is 1.09. The number of aromatic nitrogens is 2. The van der Waals surface area contributed by atoms with Gasteiger partial charge < -0.3 is 10.1 Å². The first-order valence-corrected chi connectivity index (χ1v) is 5.31. The van der Waals surface area contributed by atoms with Crippen molar-refractivity contribution in [2.24, 2.45) is 7.05 Å². The predicted molar refractivity (Wildman–Crippen MR) is 59.8 cm³/mol. The van der Waals surface area contributed by atoms with E-state index in [0.717, 1.165) is 12.0 Å². The summed E-state index contributed by atoms with van der Waals surface area (Å²) >= 11 is 0. The molecule has 0 unspecified atom stereocenters. The fraction of sp³-hybridized carbons (Fsp3) is 0.545. The molecular formula is C11H17N3O2. The molecule has 1 aromatic rings. The number of nitrogens with one attached hydrogen (secondary N) is 1. The number of rotatable bonds is 6. The summed E-state index contributed by atoms with van der Waals surface area (Å²) in [7, 11) is 1.86. The van der Waals surface area contributed by atoms with Crippen LogP contribution in [0.15, 0.2) is 12.4 Å². The first-order valence-electron chi connectivity index (χ1n) is 5.31. The molecule has 0 aliphatic heterocycles. The Morgan fingerprint density at radius 3 is 2.75 bits per heavy atom. The molecule has 0 atom stereocenters. The number of ketones is 1. The Bertz CT molecular complexity index is 371. The van der Waals surface area contributed by atoms with Crippen molar-refractivity contribution in [3.05, 3.63) is 18.0 Å². The number of aryl methyl sites for hydroxylation is 1. The van der Waals surface area contributed by atoms with Crippen molar-refractivity contribution < 1.29 is 9.59 Å². The van der Waals surface area contributed by atoms with Gasteiger partial charge in [-0.15, -0.1) is 0 Å². The van der Waals surface area contributed by atoms with Gasteiger partial charge in [0.25, 0.3) is 0 Å². The number of nitrogens with zero attached hydrogens (tertiary/aromatic N) is 2. The Hall–Kier alpha value is -1.65. The van der Waals surface area contributed by atoms with Gasteiger partial charge in [-0.1, -0.05) is 0 Å². The smallest absolute Gasteiger partial charge is 0.220 e. The average Bonchev–Trinajstić information content (AvgIpc) is 2.61. The maximum Gasteiger partial charge on any atom is 0.220 e. The Morgan fingerprint density at radius 1 is 1.44 bits per heavy atom. The fourth-order valence-electron chi connectivity index (χ4n) is 1.33. The SMILES string of the molecule is CC(=O)CCC(=O)NCCc1cnn(C)c1. The second-order valence-electron chi connectivity index (χ2n) is 3.82. The van der Waals surface area contributed by atoms with Gasteiger partial charge in [-0.05, 0) is 18.9 Å². The molecule has 5 heteroatoms. The third-order valence-corrected chi connectivity index (χ3v) is 2.20. The predicted octanol–water partition coefficient (Wildman–Crippen LogP) is 0.448. The molecule has 0 aliphatic carbocycles. The molecular weight excluding hydrogens is 206 g/mol. The lowest BCUT2D eigenvalue weighted by molar-refractivity contribution is -0.124. The monoisotopic (exact) mass is 223 g/mol. The zero-order valence-electron chi connectivity index (χ0n) is 9.69. The van der Waals surface area contributed by atoms with E-state index in [0.29, 0.717) is 13.0 Å². The van der Waals surface area contributed by atoms with Crippen LogP contribution >= 0.6 is 0 Å². The molecule has 5 nitrogen and oxygen atoms in total. The molecule has 0 saturated heterocycles. The Balaban J connectivity index is 2.15. The topological polar surface area (TPSA) is 64.0 Å². The van der Waals surface area contributed by atoms with Gasteiger partial charge in [0.1, 0.15) is 5.78 Å². The highest BCUT2D eigenvalue weighted by atomic mass is 16.2. The van der Waals surface area contributed by atoms with E-state index >= 15 is 0 Å². The first-order chi connectivity index (χ1) is 7.58. The highest BCUT2D eigenvalue weighted by molar-refractivity contribution is 5.83. The Kier molecular flexibility index (Phi) is 4.69. The molecule has 1 rings (SSSR count). The summed E-state index contributed by atoms with van der Waals surface area (Å²) < 4.78 is 1.73. The molecule has 16 heavy (non-hydrogen) atoms. The Labute approximate surface area is 94.8 Å². The van der Waals surface area contributed by atoms with E-state index in [2.05, 4.69) is 10.4 Å². The fourth-order valence-corrected chi connectivity index (χ4v) is 1.33. The molecule has 1 N–H and O–H groups in total. The normalized spacial score (nSPS) is 10.1. The van der Waals surface area contributed by atoms with E-state index < -0.39 is 0 Å². The van der Waals surface area contributed by atoms with Gasteiger partial charge >= 0.3 is 0 Å². The van der Waals surface area contributed by atoms with Crippen LogP contribution in [0.3, 0.4) is 0 Å². The van der Waals surface area contributed by atoms with Gasteiger partial charge in [0.05, 0.1) is 6.20 Å². The minimum atomic E-state index is -0.0703. The number of carbonyl (C=O) groups excluding carboxylic acids is 2. The number of hydrogen-bond donors (Lipinski definition) is 1. The van der Waals surface area contributed by atoms with Crippen molar-refractivity contribution in [3.8, 4) is 0 Å². The summed E-state index contributed by atoms with van der Waals surface area (Å²) in [6.07, 6.45) is 5.06. The lowest BCUT2D eigenvalue weighted by Gasteiger charge is -2.02. The zero-order chi connectivity index (χ0) is 12.0. The molecule has 1 amide bonds. The van der Waals surface area contributed by atoms with Crippen LogP contribution < -0.4 is 5.32 Å². The lowest BCUT2D eigenvalue weighted by atomic mass is 10.2. The van der Waals surface area contributed by atoms with Gasteiger partial charge in [-0.3, -0.25) is 9.48 Å². The maximum atomic E-state index is 11.3. The summed E-state index contributed by atoms with van der Waals surface area (Å²) in [6.45, 7) is 2.07. The molecule has 1 aromatic heterocycles. The second-order valence-corrected chi connectivity index (χ2v) is 3.82. The summed E-state index contributed by atoms with van der Waals surface area (Å²) in [5, 5.41) is 6.80. The summed E-state index contributed by atoms with van der Waals surface area (Å²) in [4.78, 5) is 21.9. The number of hydrogen-bond acceptors (Lipinski definition) is 3. The number of Topliss-reactive ketones (excluding diaryl/α,β-unsaturated/α-hetero) is 1. The molecule has 0 radical (unpaired) electrons. The van der Waals surface area contributed by atoms with Crippen molar-refractivity contribution in [2.75, 3.05) is 6.54 Å². The van der Waals surface area contributed by atoms with Crippen molar-refractivity contribution in [1.82, 2.24) is 15.1 Å². The maximum absolute atomic E-state index is 11.3. The third kappa shape index (κ3) is 4.72. The molecule has 0 aliphatic rings. The van der Waals surface area contributed by atoms with Crippen LogP contribution in [0.25, 0.3) is 0 Å².